The molecule has 0 saturated heterocycles. The fraction of sp³-hybridized carbons (Fsp3) is 0.700. The third-order valence-electron chi connectivity index (χ3n) is 2.71. The van der Waals surface area contributed by atoms with Crippen molar-refractivity contribution in [3.05, 3.63) is 18.0 Å². The van der Waals surface area contributed by atoms with Crippen molar-refractivity contribution in [2.75, 3.05) is 6.54 Å². The fourth-order valence-electron chi connectivity index (χ4n) is 1.63. The van der Waals surface area contributed by atoms with Gasteiger partial charge in [0.05, 0.1) is 6.20 Å². The Balaban J connectivity index is 1.67. The molecule has 13 heavy (non-hydrogen) atoms. The van der Waals surface area contributed by atoms with Crippen LogP contribution in [0.2, 0.25) is 0 Å². The SMILES string of the molecule is Cn1cc(CCNC2CCC2)cn1. The molecule has 1 aromatic rings. The molecule has 1 fully saturated rings. The zero-order chi connectivity index (χ0) is 9.10. The third kappa shape index (κ3) is 2.31. The van der Waals surface area contributed by atoms with Crippen LogP contribution in [-0.2, 0) is 13.5 Å². The fourth-order valence-corrected chi connectivity index (χ4v) is 1.63. The Morgan fingerprint density at radius 2 is 2.46 bits per heavy atom. The lowest BCUT2D eigenvalue weighted by Gasteiger charge is -2.26. The molecule has 0 aliphatic heterocycles. The molecule has 1 heterocycles. The van der Waals surface area contributed by atoms with E-state index in [1.54, 1.807) is 0 Å². The molecule has 0 bridgehead atoms. The molecule has 72 valence electrons. The van der Waals surface area contributed by atoms with Crippen molar-refractivity contribution in [2.24, 2.45) is 7.05 Å². The van der Waals surface area contributed by atoms with Gasteiger partial charge in [0.25, 0.3) is 0 Å². The molecule has 3 heteroatoms. The summed E-state index contributed by atoms with van der Waals surface area (Å²) in [6.45, 7) is 1.09. The van der Waals surface area contributed by atoms with Gasteiger partial charge in [-0.05, 0) is 31.4 Å². The van der Waals surface area contributed by atoms with Crippen molar-refractivity contribution in [3.63, 3.8) is 0 Å². The molecule has 0 radical (unpaired) electrons. The first-order valence-corrected chi connectivity index (χ1v) is 5.05. The van der Waals surface area contributed by atoms with Crippen molar-refractivity contribution >= 4 is 0 Å². The number of aryl methyl sites for hydroxylation is 1. The maximum Gasteiger partial charge on any atom is 0.0522 e. The molecule has 0 unspecified atom stereocenters. The zero-order valence-corrected chi connectivity index (χ0v) is 8.16. The molecule has 2 rings (SSSR count). The largest absolute Gasteiger partial charge is 0.314 e. The van der Waals surface area contributed by atoms with Gasteiger partial charge in [-0.2, -0.15) is 5.10 Å². The van der Waals surface area contributed by atoms with Gasteiger partial charge in [0, 0.05) is 19.3 Å². The van der Waals surface area contributed by atoms with E-state index >= 15 is 0 Å². The van der Waals surface area contributed by atoms with Crippen LogP contribution in [0.3, 0.4) is 0 Å². The van der Waals surface area contributed by atoms with Gasteiger partial charge in [-0.1, -0.05) is 6.42 Å². The number of hydrogen-bond donors (Lipinski definition) is 1. The number of rotatable bonds is 4. The molecule has 1 aromatic heterocycles. The summed E-state index contributed by atoms with van der Waals surface area (Å²) < 4.78 is 1.86. The number of aromatic nitrogens is 2. The smallest absolute Gasteiger partial charge is 0.0522 e. The highest BCUT2D eigenvalue weighted by molar-refractivity contribution is 5.04. The van der Waals surface area contributed by atoms with Crippen molar-refractivity contribution in [3.8, 4) is 0 Å². The van der Waals surface area contributed by atoms with Gasteiger partial charge >= 0.3 is 0 Å². The van der Waals surface area contributed by atoms with E-state index in [9.17, 15) is 0 Å². The minimum absolute atomic E-state index is 0.802. The summed E-state index contributed by atoms with van der Waals surface area (Å²) in [5, 5.41) is 7.68. The van der Waals surface area contributed by atoms with Crippen LogP contribution in [0, 0.1) is 0 Å². The highest BCUT2D eigenvalue weighted by Crippen LogP contribution is 2.17. The first kappa shape index (κ1) is 8.75. The molecule has 0 aromatic carbocycles. The van der Waals surface area contributed by atoms with Crippen LogP contribution in [0.1, 0.15) is 24.8 Å². The summed E-state index contributed by atoms with van der Waals surface area (Å²) >= 11 is 0. The highest BCUT2D eigenvalue weighted by atomic mass is 15.2. The monoisotopic (exact) mass is 179 g/mol. The Labute approximate surface area is 79.1 Å². The summed E-state index contributed by atoms with van der Waals surface area (Å²) in [7, 11) is 1.96. The summed E-state index contributed by atoms with van der Waals surface area (Å²) in [6.07, 6.45) is 9.28. The van der Waals surface area contributed by atoms with E-state index in [0.717, 1.165) is 19.0 Å². The van der Waals surface area contributed by atoms with E-state index in [-0.39, 0.29) is 0 Å². The standard InChI is InChI=1S/C10H17N3/c1-13-8-9(7-12-13)5-6-11-10-3-2-4-10/h7-8,10-11H,2-6H2,1H3. The van der Waals surface area contributed by atoms with Crippen LogP contribution in [0.5, 0.6) is 0 Å². The molecular weight excluding hydrogens is 162 g/mol. The Kier molecular flexibility index (Phi) is 2.64. The van der Waals surface area contributed by atoms with E-state index in [1.165, 1.54) is 24.8 Å². The quantitative estimate of drug-likeness (QED) is 0.750. The lowest BCUT2D eigenvalue weighted by molar-refractivity contribution is 0.342. The second kappa shape index (κ2) is 3.92. The lowest BCUT2D eigenvalue weighted by Crippen LogP contribution is -2.36. The topological polar surface area (TPSA) is 29.9 Å². The average molecular weight is 179 g/mol. The van der Waals surface area contributed by atoms with E-state index < -0.39 is 0 Å². The van der Waals surface area contributed by atoms with Gasteiger partial charge in [0.2, 0.25) is 0 Å². The zero-order valence-electron chi connectivity index (χ0n) is 8.16. The van der Waals surface area contributed by atoms with Crippen molar-refractivity contribution in [2.45, 2.75) is 31.7 Å². The first-order chi connectivity index (χ1) is 6.34. The van der Waals surface area contributed by atoms with Gasteiger partial charge < -0.3 is 5.32 Å². The second-order valence-corrected chi connectivity index (χ2v) is 3.85. The summed E-state index contributed by atoms with van der Waals surface area (Å²) in [4.78, 5) is 0. The van der Waals surface area contributed by atoms with E-state index in [4.69, 9.17) is 0 Å². The third-order valence-corrected chi connectivity index (χ3v) is 2.71. The maximum absolute atomic E-state index is 4.14. The Bertz CT molecular complexity index is 263. The molecule has 3 nitrogen and oxygen atoms in total. The Morgan fingerprint density at radius 3 is 3.00 bits per heavy atom. The molecule has 1 aliphatic carbocycles. The van der Waals surface area contributed by atoms with Gasteiger partial charge in [-0.15, -0.1) is 0 Å². The van der Waals surface area contributed by atoms with Crippen molar-refractivity contribution in [1.82, 2.24) is 15.1 Å². The molecule has 1 saturated carbocycles. The number of nitrogens with one attached hydrogen (secondary N) is 1. The summed E-state index contributed by atoms with van der Waals surface area (Å²) in [5.41, 5.74) is 1.33. The molecule has 1 aliphatic rings. The van der Waals surface area contributed by atoms with Crippen LogP contribution < -0.4 is 5.32 Å². The molecule has 0 spiro atoms. The van der Waals surface area contributed by atoms with Gasteiger partial charge in [0.1, 0.15) is 0 Å². The predicted octanol–water partition coefficient (Wildman–Crippen LogP) is 1.10. The summed E-state index contributed by atoms with van der Waals surface area (Å²) in [5.74, 6) is 0. The normalized spacial score (nSPS) is 17.3. The Morgan fingerprint density at radius 1 is 1.62 bits per heavy atom. The minimum Gasteiger partial charge on any atom is -0.314 e. The van der Waals surface area contributed by atoms with Crippen LogP contribution >= 0.6 is 0 Å². The van der Waals surface area contributed by atoms with E-state index in [0.29, 0.717) is 0 Å². The average Bonchev–Trinajstić information content (AvgIpc) is 2.42. The number of hydrogen-bond acceptors (Lipinski definition) is 2. The first-order valence-electron chi connectivity index (χ1n) is 5.05. The minimum atomic E-state index is 0.802. The number of nitrogens with zero attached hydrogens (tertiary/aromatic N) is 2. The van der Waals surface area contributed by atoms with Gasteiger partial charge in [-0.25, -0.2) is 0 Å². The molecule has 1 N–H and O–H groups in total. The summed E-state index contributed by atoms with van der Waals surface area (Å²) in [6, 6.07) is 0.802. The second-order valence-electron chi connectivity index (χ2n) is 3.85. The molecule has 0 atom stereocenters. The van der Waals surface area contributed by atoms with Crippen LogP contribution in [0.15, 0.2) is 12.4 Å². The van der Waals surface area contributed by atoms with Crippen LogP contribution in [0.25, 0.3) is 0 Å². The highest BCUT2D eigenvalue weighted by Gasteiger charge is 2.15. The van der Waals surface area contributed by atoms with Crippen molar-refractivity contribution in [1.29, 1.82) is 0 Å². The maximum atomic E-state index is 4.14. The molecule has 0 amide bonds. The van der Waals surface area contributed by atoms with Crippen molar-refractivity contribution < 1.29 is 0 Å². The lowest BCUT2D eigenvalue weighted by atomic mass is 9.93. The van der Waals surface area contributed by atoms with Gasteiger partial charge in [0.15, 0.2) is 0 Å². The van der Waals surface area contributed by atoms with Gasteiger partial charge in [-0.3, -0.25) is 4.68 Å². The van der Waals surface area contributed by atoms with Crippen LogP contribution in [0.4, 0.5) is 0 Å². The molecular formula is C10H17N3. The Hall–Kier alpha value is -0.830. The van der Waals surface area contributed by atoms with E-state index in [1.807, 2.05) is 17.9 Å². The van der Waals surface area contributed by atoms with E-state index in [2.05, 4.69) is 16.6 Å². The van der Waals surface area contributed by atoms with Crippen LogP contribution in [-0.4, -0.2) is 22.4 Å². The predicted molar refractivity (Wildman–Crippen MR) is 52.6 cm³/mol.